The molecule has 0 radical (unpaired) electrons. The number of nitrogens with one attached hydrogen (secondary N) is 1. The summed E-state index contributed by atoms with van der Waals surface area (Å²) in [5, 5.41) is 12.6. The molecule has 0 fully saturated rings. The number of carboxylic acid groups (broad SMARTS) is 1. The number of aldehydes is 1. The number of carbonyl (C=O) groups excluding carboxylic acids is 1. The summed E-state index contributed by atoms with van der Waals surface area (Å²) in [7, 11) is 3.18. The number of likely N-dealkylation sites (N-methyl/N-ethyl adjacent to an activating group) is 1. The number of ether oxygens (including phenoxy) is 2. The Morgan fingerprint density at radius 2 is 2.15 bits per heavy atom. The summed E-state index contributed by atoms with van der Waals surface area (Å²) >= 11 is 1.33. The van der Waals surface area contributed by atoms with Crippen LogP contribution in [-0.4, -0.2) is 60.8 Å². The van der Waals surface area contributed by atoms with Gasteiger partial charge < -0.3 is 24.7 Å². The minimum atomic E-state index is -0.822. The number of carbonyl (C=O) groups is 2. The Balaban J connectivity index is 0.000000527. The molecule has 2 aromatic rings. The highest BCUT2D eigenvalue weighted by Gasteiger charge is 2.10. The number of methoxy groups -OCH3 is 1. The molecule has 0 saturated carbocycles. The summed E-state index contributed by atoms with van der Waals surface area (Å²) in [5.74, 6) is -0.312. The lowest BCUT2D eigenvalue weighted by atomic mass is 10.3. The number of pyridine rings is 1. The van der Waals surface area contributed by atoms with Crippen molar-refractivity contribution in [3.63, 3.8) is 0 Å². The number of hydrogen-bond donors (Lipinski definition) is 2. The summed E-state index contributed by atoms with van der Waals surface area (Å²) in [6, 6.07) is 3.20. The molecule has 0 atom stereocenters. The number of rotatable bonds is 9. The molecule has 148 valence electrons. The van der Waals surface area contributed by atoms with Crippen molar-refractivity contribution in [1.29, 1.82) is 0 Å². The van der Waals surface area contributed by atoms with Crippen LogP contribution in [0.1, 0.15) is 11.4 Å². The van der Waals surface area contributed by atoms with Gasteiger partial charge in [0.05, 0.1) is 18.8 Å². The zero-order valence-electron chi connectivity index (χ0n) is 15.4. The molecule has 27 heavy (non-hydrogen) atoms. The zero-order chi connectivity index (χ0) is 20.2. The lowest BCUT2D eigenvalue weighted by molar-refractivity contribution is -0.135. The quantitative estimate of drug-likeness (QED) is 0.468. The summed E-state index contributed by atoms with van der Waals surface area (Å²) in [6.45, 7) is 2.70. The maximum Gasteiger partial charge on any atom is 0.317 e. The van der Waals surface area contributed by atoms with Crippen LogP contribution in [0.15, 0.2) is 22.3 Å². The Labute approximate surface area is 160 Å². The number of nitrogens with zero attached hydrogens (tertiary/aromatic N) is 2. The van der Waals surface area contributed by atoms with Crippen LogP contribution >= 0.6 is 11.3 Å². The fourth-order valence-electron chi connectivity index (χ4n) is 1.97. The van der Waals surface area contributed by atoms with E-state index in [0.717, 1.165) is 12.0 Å². The third-order valence-electron chi connectivity index (χ3n) is 3.10. The number of hydrogen-bond acceptors (Lipinski definition) is 8. The smallest absolute Gasteiger partial charge is 0.317 e. The lowest BCUT2D eigenvalue weighted by Gasteiger charge is -2.10. The predicted octanol–water partition coefficient (Wildman–Crippen LogP) is 0.659. The largest absolute Gasteiger partial charge is 0.491 e. The van der Waals surface area contributed by atoms with E-state index in [1.54, 1.807) is 25.6 Å². The van der Waals surface area contributed by atoms with Gasteiger partial charge in [0.25, 0.3) is 5.56 Å². The van der Waals surface area contributed by atoms with E-state index in [2.05, 4.69) is 10.3 Å². The van der Waals surface area contributed by atoms with Crippen LogP contribution in [0.25, 0.3) is 5.13 Å². The molecule has 2 aromatic heterocycles. The Morgan fingerprint density at radius 3 is 2.67 bits per heavy atom. The number of aryl methyl sites for hydroxylation is 1. The molecule has 2 N–H and O–H groups in total. The first kappa shape index (κ1) is 22.5. The molecule has 0 unspecified atom stereocenters. The first-order valence-electron chi connectivity index (χ1n) is 8.03. The van der Waals surface area contributed by atoms with Gasteiger partial charge in [0.2, 0.25) is 0 Å². The highest BCUT2D eigenvalue weighted by atomic mass is 32.1. The van der Waals surface area contributed by atoms with E-state index in [9.17, 15) is 14.4 Å². The van der Waals surface area contributed by atoms with Crippen LogP contribution in [0.4, 0.5) is 0 Å². The summed E-state index contributed by atoms with van der Waals surface area (Å²) in [6.07, 6.45) is 1.05. The molecule has 0 aliphatic rings. The summed E-state index contributed by atoms with van der Waals surface area (Å²) in [4.78, 5) is 36.5. The number of aliphatic carboxylic acids is 1. The number of thiazole rings is 1. The van der Waals surface area contributed by atoms with Gasteiger partial charge in [-0.2, -0.15) is 0 Å². The van der Waals surface area contributed by atoms with Crippen LogP contribution < -0.4 is 15.6 Å². The highest BCUT2D eigenvalue weighted by Crippen LogP contribution is 2.18. The molecule has 9 nitrogen and oxygen atoms in total. The lowest BCUT2D eigenvalue weighted by Crippen LogP contribution is -2.20. The second-order valence-electron chi connectivity index (χ2n) is 5.26. The third-order valence-corrected chi connectivity index (χ3v) is 3.97. The fourth-order valence-corrected chi connectivity index (χ4v) is 2.87. The van der Waals surface area contributed by atoms with Crippen LogP contribution in [0.5, 0.6) is 5.75 Å². The molecule has 0 aliphatic carbocycles. The average molecular weight is 397 g/mol. The van der Waals surface area contributed by atoms with Gasteiger partial charge in [0, 0.05) is 36.7 Å². The van der Waals surface area contributed by atoms with E-state index in [-0.39, 0.29) is 18.5 Å². The number of carboxylic acids is 1. The van der Waals surface area contributed by atoms with Crippen molar-refractivity contribution in [2.75, 3.05) is 33.9 Å². The third kappa shape index (κ3) is 7.69. The van der Waals surface area contributed by atoms with Gasteiger partial charge in [-0.3, -0.25) is 14.2 Å². The first-order valence-corrected chi connectivity index (χ1v) is 8.91. The van der Waals surface area contributed by atoms with Gasteiger partial charge in [-0.1, -0.05) is 0 Å². The van der Waals surface area contributed by atoms with Crippen LogP contribution in [0.3, 0.4) is 0 Å². The van der Waals surface area contributed by atoms with E-state index in [4.69, 9.17) is 14.6 Å². The van der Waals surface area contributed by atoms with Crippen LogP contribution in [-0.2, 0) is 20.7 Å². The Kier molecular flexibility index (Phi) is 9.94. The molecular weight excluding hydrogens is 374 g/mol. The van der Waals surface area contributed by atoms with Crippen molar-refractivity contribution in [3.8, 4) is 10.9 Å². The van der Waals surface area contributed by atoms with Gasteiger partial charge >= 0.3 is 5.97 Å². The number of aromatic nitrogens is 2. The van der Waals surface area contributed by atoms with Crippen molar-refractivity contribution in [2.45, 2.75) is 13.3 Å². The molecule has 2 heterocycles. The van der Waals surface area contributed by atoms with E-state index in [1.807, 2.05) is 6.92 Å². The Morgan fingerprint density at radius 1 is 1.41 bits per heavy atom. The van der Waals surface area contributed by atoms with Gasteiger partial charge in [0.15, 0.2) is 5.13 Å². The van der Waals surface area contributed by atoms with E-state index < -0.39 is 5.97 Å². The Hall–Kier alpha value is -2.56. The van der Waals surface area contributed by atoms with E-state index in [1.165, 1.54) is 22.0 Å². The fraction of sp³-hybridized carbons (Fsp3) is 0.412. The van der Waals surface area contributed by atoms with Crippen molar-refractivity contribution >= 4 is 23.6 Å². The highest BCUT2D eigenvalue weighted by molar-refractivity contribution is 7.12. The minimum Gasteiger partial charge on any atom is -0.491 e. The minimum absolute atomic E-state index is 0.0417. The van der Waals surface area contributed by atoms with Crippen LogP contribution in [0, 0.1) is 6.92 Å². The normalized spacial score (nSPS) is 10.0. The molecule has 0 saturated heterocycles. The van der Waals surface area contributed by atoms with Gasteiger partial charge in [-0.05, 0) is 14.0 Å². The predicted molar refractivity (Wildman–Crippen MR) is 101 cm³/mol. The van der Waals surface area contributed by atoms with Crippen molar-refractivity contribution in [1.82, 2.24) is 14.9 Å². The second kappa shape index (κ2) is 11.9. The maximum atomic E-state index is 12.2. The standard InChI is InChI=1S/C14H16N2O4S.C3H7NO2/c1-10-7-12(20-6-5-19-2)8-13(18)16(10)14-15-11(3-4-17)9-21-14;1-4-2-3(5)6/h4,7-9H,3,5-6H2,1-2H3;4H,2H2,1H3,(H,5,6). The monoisotopic (exact) mass is 397 g/mol. The van der Waals surface area contributed by atoms with Crippen molar-refractivity contribution in [2.24, 2.45) is 0 Å². The van der Waals surface area contributed by atoms with Gasteiger partial charge in [-0.15, -0.1) is 11.3 Å². The Bertz CT molecular complexity index is 802. The summed E-state index contributed by atoms with van der Waals surface area (Å²) < 4.78 is 11.8. The van der Waals surface area contributed by atoms with Gasteiger partial charge in [0.1, 0.15) is 18.6 Å². The molecule has 0 spiro atoms. The average Bonchev–Trinajstić information content (AvgIpc) is 3.03. The molecule has 0 amide bonds. The summed E-state index contributed by atoms with van der Waals surface area (Å²) in [5.41, 5.74) is 1.17. The van der Waals surface area contributed by atoms with Crippen LogP contribution in [0.2, 0.25) is 0 Å². The molecule has 0 aromatic carbocycles. The maximum absolute atomic E-state index is 12.2. The molecule has 2 rings (SSSR count). The first-order chi connectivity index (χ1) is 12.9. The topological polar surface area (TPSA) is 120 Å². The van der Waals surface area contributed by atoms with E-state index in [0.29, 0.717) is 29.8 Å². The zero-order valence-corrected chi connectivity index (χ0v) is 16.2. The molecular formula is C17H23N3O6S. The van der Waals surface area contributed by atoms with Crippen molar-refractivity contribution < 1.29 is 24.2 Å². The van der Waals surface area contributed by atoms with Crippen molar-refractivity contribution in [3.05, 3.63) is 39.3 Å². The SMILES string of the molecule is CNCC(=O)O.COCCOc1cc(C)n(-c2nc(CC=O)cs2)c(=O)c1. The molecule has 0 bridgehead atoms. The van der Waals surface area contributed by atoms with Gasteiger partial charge in [-0.25, -0.2) is 4.98 Å². The second-order valence-corrected chi connectivity index (χ2v) is 6.10. The molecule has 0 aliphatic heterocycles. The van der Waals surface area contributed by atoms with E-state index >= 15 is 0 Å². The molecule has 10 heteroatoms.